The number of rotatable bonds is 6. The topological polar surface area (TPSA) is 68.2 Å². The van der Waals surface area contributed by atoms with E-state index in [0.717, 1.165) is 23.7 Å². The van der Waals surface area contributed by atoms with Gasteiger partial charge in [-0.3, -0.25) is 0 Å². The highest BCUT2D eigenvalue weighted by molar-refractivity contribution is 6.81. The zero-order valence-corrected chi connectivity index (χ0v) is 27.8. The van der Waals surface area contributed by atoms with E-state index in [1.165, 1.54) is 51.4 Å². The summed E-state index contributed by atoms with van der Waals surface area (Å²) >= 11 is 0. The Morgan fingerprint density at radius 3 is 0.911 bits per heavy atom. The average Bonchev–Trinajstić information content (AvgIpc) is 3.69. The van der Waals surface area contributed by atoms with Crippen LogP contribution in [0.5, 0.6) is 0 Å². The van der Waals surface area contributed by atoms with Crippen LogP contribution in [0.3, 0.4) is 0 Å². The summed E-state index contributed by atoms with van der Waals surface area (Å²) in [6.45, 7) is 4.01. The number of hydrogen-bond donors (Lipinski definition) is 2. The van der Waals surface area contributed by atoms with Crippen molar-refractivity contribution in [1.82, 2.24) is 0 Å². The summed E-state index contributed by atoms with van der Waals surface area (Å²) in [7, 11) is -0.505. The SMILES string of the molecule is CC(O)(C(F)(F)F)C(F)(F)F.CC(O)(C(F)(F)F)C(F)(F)F.CO[Si](C)(O[Si](C)(OC)C1CC2CCC1C2)C1CC2CCC1C2. The molecule has 8 unspecified atom stereocenters. The summed E-state index contributed by atoms with van der Waals surface area (Å²) in [4.78, 5) is 0. The van der Waals surface area contributed by atoms with E-state index in [1.54, 1.807) is 0 Å². The normalized spacial score (nSPS) is 31.5. The molecule has 5 nitrogen and oxygen atoms in total. The summed E-state index contributed by atoms with van der Waals surface area (Å²) in [6, 6.07) is 0. The van der Waals surface area contributed by atoms with Crippen LogP contribution in [0.25, 0.3) is 0 Å². The molecule has 0 aromatic rings. The fourth-order valence-electron chi connectivity index (χ4n) is 7.04. The lowest BCUT2D eigenvalue weighted by molar-refractivity contribution is -0.361. The molecule has 2 N–H and O–H groups in total. The molecule has 4 aliphatic rings. The van der Waals surface area contributed by atoms with E-state index in [9.17, 15) is 52.7 Å². The average molecular weight is 719 g/mol. The van der Waals surface area contributed by atoms with Crippen molar-refractivity contribution in [3.63, 3.8) is 0 Å². The van der Waals surface area contributed by atoms with Crippen LogP contribution >= 0.6 is 0 Å². The molecule has 19 heteroatoms. The van der Waals surface area contributed by atoms with E-state index < -0.39 is 53.0 Å². The van der Waals surface area contributed by atoms with Crippen LogP contribution in [0, 0.1) is 23.7 Å². The molecular formula is C26H42F12O5Si2. The zero-order valence-electron chi connectivity index (χ0n) is 25.8. The van der Waals surface area contributed by atoms with Crippen molar-refractivity contribution in [1.29, 1.82) is 0 Å². The molecular weight excluding hydrogens is 676 g/mol. The maximum atomic E-state index is 11.4. The van der Waals surface area contributed by atoms with E-state index in [4.69, 9.17) is 23.2 Å². The second-order valence-corrected chi connectivity index (χ2v) is 20.4. The molecule has 0 saturated heterocycles. The van der Waals surface area contributed by atoms with Gasteiger partial charge in [-0.1, -0.05) is 25.7 Å². The Morgan fingerprint density at radius 1 is 0.511 bits per heavy atom. The summed E-state index contributed by atoms with van der Waals surface area (Å²) in [6.07, 6.45) is -11.5. The zero-order chi connectivity index (χ0) is 35.2. The van der Waals surface area contributed by atoms with Crippen molar-refractivity contribution in [2.75, 3.05) is 14.2 Å². The predicted octanol–water partition coefficient (Wildman–Crippen LogP) is 8.54. The Hall–Kier alpha value is -0.606. The Labute approximate surface area is 256 Å². The number of halogens is 12. The molecule has 0 aromatic carbocycles. The lowest BCUT2D eigenvalue weighted by Crippen LogP contribution is -2.57. The minimum Gasteiger partial charge on any atom is -0.414 e. The molecule has 0 aromatic heterocycles. The van der Waals surface area contributed by atoms with E-state index in [2.05, 4.69) is 13.1 Å². The van der Waals surface area contributed by atoms with Gasteiger partial charge in [0.2, 0.25) is 0 Å². The van der Waals surface area contributed by atoms with Crippen molar-refractivity contribution in [2.24, 2.45) is 23.7 Å². The third-order valence-corrected chi connectivity index (χ3v) is 19.2. The van der Waals surface area contributed by atoms with Gasteiger partial charge in [-0.15, -0.1) is 0 Å². The van der Waals surface area contributed by atoms with E-state index in [1.807, 2.05) is 14.2 Å². The van der Waals surface area contributed by atoms with Gasteiger partial charge in [0, 0.05) is 25.3 Å². The Bertz CT molecular complexity index is 879. The number of hydrogen-bond acceptors (Lipinski definition) is 5. The maximum Gasteiger partial charge on any atom is 0.425 e. The first-order valence-electron chi connectivity index (χ1n) is 14.5. The number of fused-ring (bicyclic) bond motifs is 4. The predicted molar refractivity (Wildman–Crippen MR) is 142 cm³/mol. The van der Waals surface area contributed by atoms with Gasteiger partial charge in [-0.25, -0.2) is 0 Å². The molecule has 0 heterocycles. The third kappa shape index (κ3) is 8.52. The molecule has 0 aliphatic heterocycles. The standard InChI is InChI=1S/C18H34O3Si2.2C4H4F6O/c1-19-22(3,17-11-13-5-7-15(17)9-13)21-23(4,20-2)18-12-14-6-8-16(18)10-14;2*1-2(11,3(5,6)7)4(8,9)10/h13-18H,5-12H2,1-4H3;2*11H,1H3. The Morgan fingerprint density at radius 2 is 0.778 bits per heavy atom. The minimum absolute atomic E-state index is 0.340. The molecule has 45 heavy (non-hydrogen) atoms. The van der Waals surface area contributed by atoms with Gasteiger partial charge in [0.15, 0.2) is 0 Å². The third-order valence-electron chi connectivity index (χ3n) is 10.2. The molecule has 4 rings (SSSR count). The van der Waals surface area contributed by atoms with Crippen LogP contribution in [0.4, 0.5) is 52.7 Å². The van der Waals surface area contributed by atoms with Gasteiger partial charge in [0.1, 0.15) is 0 Å². The first-order valence-corrected chi connectivity index (χ1v) is 19.3. The van der Waals surface area contributed by atoms with E-state index in [0.29, 0.717) is 11.1 Å². The smallest absolute Gasteiger partial charge is 0.414 e. The van der Waals surface area contributed by atoms with Crippen molar-refractivity contribution in [2.45, 2.75) is 125 Å². The van der Waals surface area contributed by atoms with Crippen molar-refractivity contribution in [3.05, 3.63) is 0 Å². The van der Waals surface area contributed by atoms with Gasteiger partial charge >= 0.3 is 41.8 Å². The lowest BCUT2D eigenvalue weighted by Gasteiger charge is -2.45. The molecule has 8 atom stereocenters. The second kappa shape index (κ2) is 13.4. The molecule has 0 amide bonds. The molecule has 4 saturated carbocycles. The van der Waals surface area contributed by atoms with Gasteiger partial charge < -0.3 is 23.2 Å². The molecule has 4 fully saturated rings. The van der Waals surface area contributed by atoms with E-state index in [-0.39, 0.29) is 13.8 Å². The highest BCUT2D eigenvalue weighted by Gasteiger charge is 2.68. The maximum absolute atomic E-state index is 11.4. The van der Waals surface area contributed by atoms with Crippen LogP contribution < -0.4 is 0 Å². The quantitative estimate of drug-likeness (QED) is 0.213. The Balaban J connectivity index is 0.000000271. The van der Waals surface area contributed by atoms with Crippen LogP contribution in [0.2, 0.25) is 24.2 Å². The molecule has 4 aliphatic carbocycles. The Kier molecular flexibility index (Phi) is 12.0. The van der Waals surface area contributed by atoms with E-state index >= 15 is 0 Å². The minimum atomic E-state index is -5.69. The highest BCUT2D eigenvalue weighted by Crippen LogP contribution is 2.59. The summed E-state index contributed by atoms with van der Waals surface area (Å²) in [5, 5.41) is 15.9. The summed E-state index contributed by atoms with van der Waals surface area (Å²) in [5.41, 5.74) is -7.85. The second-order valence-electron chi connectivity index (χ2n) is 13.2. The van der Waals surface area contributed by atoms with Crippen molar-refractivity contribution < 1.29 is 75.9 Å². The highest BCUT2D eigenvalue weighted by atomic mass is 28.5. The van der Waals surface area contributed by atoms with Gasteiger partial charge in [0.05, 0.1) is 0 Å². The lowest BCUT2D eigenvalue weighted by atomic mass is 10.0. The van der Waals surface area contributed by atoms with Crippen LogP contribution in [-0.4, -0.2) is 77.5 Å². The van der Waals surface area contributed by atoms with Gasteiger partial charge in [0.25, 0.3) is 11.2 Å². The van der Waals surface area contributed by atoms with Crippen LogP contribution in [0.1, 0.15) is 65.2 Å². The fourth-order valence-corrected chi connectivity index (χ4v) is 16.6. The fraction of sp³-hybridized carbons (Fsp3) is 1.00. The first-order chi connectivity index (χ1) is 20.0. The molecule has 0 spiro atoms. The van der Waals surface area contributed by atoms with Crippen molar-refractivity contribution in [3.8, 4) is 0 Å². The van der Waals surface area contributed by atoms with Gasteiger partial charge in [-0.2, -0.15) is 52.7 Å². The number of alkyl halides is 12. The molecule has 0 radical (unpaired) electrons. The van der Waals surface area contributed by atoms with Crippen molar-refractivity contribution >= 4 is 17.1 Å². The van der Waals surface area contributed by atoms with Crippen LogP contribution in [0.15, 0.2) is 0 Å². The monoisotopic (exact) mass is 718 g/mol. The largest absolute Gasteiger partial charge is 0.425 e. The van der Waals surface area contributed by atoms with Crippen LogP contribution in [-0.2, 0) is 13.0 Å². The summed E-state index contributed by atoms with van der Waals surface area (Å²) in [5.74, 6) is 3.64. The van der Waals surface area contributed by atoms with Gasteiger partial charge in [-0.05, 0) is 76.3 Å². The number of aliphatic hydroxyl groups is 2. The first kappa shape index (κ1) is 40.6. The summed E-state index contributed by atoms with van der Waals surface area (Å²) < 4.78 is 156. The molecule has 268 valence electrons. The molecule has 4 bridgehead atoms.